The van der Waals surface area contributed by atoms with Crippen LogP contribution in [0.15, 0.2) is 0 Å². The van der Waals surface area contributed by atoms with Gasteiger partial charge in [-0.05, 0) is 0 Å². The van der Waals surface area contributed by atoms with Crippen molar-refractivity contribution in [3.63, 3.8) is 0 Å². The Kier molecular flexibility index (Phi) is 2.56. The first kappa shape index (κ1) is 8.61. The number of hydrogen-bond acceptors (Lipinski definition) is 5. The largest absolute Gasteiger partial charge is 0.394 e. The van der Waals surface area contributed by atoms with Crippen molar-refractivity contribution in [1.82, 2.24) is 0 Å². The summed E-state index contributed by atoms with van der Waals surface area (Å²) in [5, 5.41) is 26.4. The van der Waals surface area contributed by atoms with E-state index in [1.54, 1.807) is 0 Å². The molecule has 1 aliphatic heterocycles. The summed E-state index contributed by atoms with van der Waals surface area (Å²) < 4.78 is 4.77. The van der Waals surface area contributed by atoms with Crippen LogP contribution >= 0.6 is 0 Å². The zero-order valence-electron chi connectivity index (χ0n) is 5.75. The molecule has 1 aliphatic rings. The van der Waals surface area contributed by atoms with Crippen LogP contribution in [-0.4, -0.2) is 52.6 Å². The van der Waals surface area contributed by atoms with Crippen molar-refractivity contribution in [2.24, 2.45) is 0 Å². The predicted molar refractivity (Wildman–Crippen MR) is 33.8 cm³/mol. The summed E-state index contributed by atoms with van der Waals surface area (Å²) in [5.74, 6) is 0. The molecule has 0 amide bonds. The summed E-state index contributed by atoms with van der Waals surface area (Å²) in [4.78, 5) is 9.98. The molecule has 0 bridgehead atoms. The van der Waals surface area contributed by atoms with Gasteiger partial charge in [-0.2, -0.15) is 0 Å². The standard InChI is InChI=1S/C6H10O5/c7-1-3(9)6-5(10)4(2-8)11-6/h1,3-6,8-10H,2H2/t3-,4+,5-,6+/m0/s1. The molecule has 5 nitrogen and oxygen atoms in total. The van der Waals surface area contributed by atoms with E-state index < -0.39 is 24.4 Å². The van der Waals surface area contributed by atoms with Crippen molar-refractivity contribution < 1.29 is 24.9 Å². The molecule has 1 heterocycles. The fraction of sp³-hybridized carbons (Fsp3) is 0.833. The number of carbonyl (C=O) groups is 1. The minimum Gasteiger partial charge on any atom is -0.394 e. The third kappa shape index (κ3) is 1.41. The molecule has 1 rings (SSSR count). The minimum absolute atomic E-state index is 0.293. The first-order valence-electron chi connectivity index (χ1n) is 3.28. The zero-order chi connectivity index (χ0) is 8.43. The van der Waals surface area contributed by atoms with Gasteiger partial charge in [0.2, 0.25) is 0 Å². The van der Waals surface area contributed by atoms with Gasteiger partial charge in [-0.1, -0.05) is 0 Å². The van der Waals surface area contributed by atoms with Gasteiger partial charge in [-0.25, -0.2) is 0 Å². The second-order valence-electron chi connectivity index (χ2n) is 2.44. The Morgan fingerprint density at radius 2 is 2.27 bits per heavy atom. The van der Waals surface area contributed by atoms with Crippen molar-refractivity contribution in [2.75, 3.05) is 6.61 Å². The average molecular weight is 162 g/mol. The van der Waals surface area contributed by atoms with E-state index in [4.69, 9.17) is 20.1 Å². The Hall–Kier alpha value is -0.490. The van der Waals surface area contributed by atoms with Gasteiger partial charge in [0.25, 0.3) is 0 Å². The molecule has 5 heteroatoms. The average Bonchev–Trinajstić information content (AvgIpc) is 2.02. The summed E-state index contributed by atoms with van der Waals surface area (Å²) in [6.45, 7) is -0.302. The molecule has 0 radical (unpaired) electrons. The molecule has 1 fully saturated rings. The fourth-order valence-corrected chi connectivity index (χ4v) is 0.996. The van der Waals surface area contributed by atoms with Crippen molar-refractivity contribution in [3.8, 4) is 0 Å². The normalized spacial score (nSPS) is 39.4. The molecule has 0 aromatic heterocycles. The quantitative estimate of drug-likeness (QED) is 0.405. The van der Waals surface area contributed by atoms with Gasteiger partial charge in [0.1, 0.15) is 24.4 Å². The SMILES string of the molecule is O=C[C@H](O)[C@H]1O[C@H](CO)[C@@H]1O. The Morgan fingerprint density at radius 1 is 1.64 bits per heavy atom. The van der Waals surface area contributed by atoms with E-state index in [0.29, 0.717) is 6.29 Å². The number of aldehydes is 1. The number of hydrogen-bond donors (Lipinski definition) is 3. The van der Waals surface area contributed by atoms with Crippen molar-refractivity contribution >= 4 is 6.29 Å². The van der Waals surface area contributed by atoms with Crippen LogP contribution < -0.4 is 0 Å². The third-order valence-electron chi connectivity index (χ3n) is 1.71. The number of ether oxygens (including phenoxy) is 1. The second-order valence-corrected chi connectivity index (χ2v) is 2.44. The van der Waals surface area contributed by atoms with Crippen LogP contribution in [0.5, 0.6) is 0 Å². The van der Waals surface area contributed by atoms with Gasteiger partial charge in [0.15, 0.2) is 6.29 Å². The first-order valence-corrected chi connectivity index (χ1v) is 3.28. The highest BCUT2D eigenvalue weighted by atomic mass is 16.6. The minimum atomic E-state index is -1.30. The van der Waals surface area contributed by atoms with Crippen LogP contribution in [0.2, 0.25) is 0 Å². The topological polar surface area (TPSA) is 87.0 Å². The van der Waals surface area contributed by atoms with Crippen molar-refractivity contribution in [2.45, 2.75) is 24.4 Å². The first-order chi connectivity index (χ1) is 5.20. The number of aliphatic hydroxyl groups is 3. The van der Waals surface area contributed by atoms with E-state index >= 15 is 0 Å². The van der Waals surface area contributed by atoms with E-state index in [9.17, 15) is 4.79 Å². The number of aliphatic hydroxyl groups excluding tert-OH is 3. The monoisotopic (exact) mass is 162 g/mol. The van der Waals surface area contributed by atoms with Gasteiger partial charge in [-0.15, -0.1) is 0 Å². The van der Waals surface area contributed by atoms with Gasteiger partial charge < -0.3 is 24.9 Å². The highest BCUT2D eigenvalue weighted by molar-refractivity contribution is 5.57. The van der Waals surface area contributed by atoms with Gasteiger partial charge in [0.05, 0.1) is 6.61 Å². The summed E-state index contributed by atoms with van der Waals surface area (Å²) in [6, 6.07) is 0. The van der Waals surface area contributed by atoms with Gasteiger partial charge >= 0.3 is 0 Å². The van der Waals surface area contributed by atoms with E-state index in [0.717, 1.165) is 0 Å². The van der Waals surface area contributed by atoms with Crippen LogP contribution in [0.25, 0.3) is 0 Å². The Morgan fingerprint density at radius 3 is 2.64 bits per heavy atom. The maximum absolute atomic E-state index is 9.98. The zero-order valence-corrected chi connectivity index (χ0v) is 5.75. The summed E-state index contributed by atoms with van der Waals surface area (Å²) in [5.41, 5.74) is 0. The van der Waals surface area contributed by atoms with Crippen LogP contribution in [0.1, 0.15) is 0 Å². The smallest absolute Gasteiger partial charge is 0.151 e. The summed E-state index contributed by atoms with van der Waals surface area (Å²) in [6.07, 6.45) is -3.48. The van der Waals surface area contributed by atoms with E-state index in [2.05, 4.69) is 0 Å². The summed E-state index contributed by atoms with van der Waals surface area (Å²) in [7, 11) is 0. The van der Waals surface area contributed by atoms with Crippen LogP contribution in [0.4, 0.5) is 0 Å². The van der Waals surface area contributed by atoms with E-state index in [1.807, 2.05) is 0 Å². The maximum Gasteiger partial charge on any atom is 0.151 e. The maximum atomic E-state index is 9.98. The molecule has 64 valence electrons. The van der Waals surface area contributed by atoms with E-state index in [-0.39, 0.29) is 6.61 Å². The molecule has 0 spiro atoms. The third-order valence-corrected chi connectivity index (χ3v) is 1.71. The highest BCUT2D eigenvalue weighted by Crippen LogP contribution is 2.22. The number of rotatable bonds is 3. The predicted octanol–water partition coefficient (Wildman–Crippen LogP) is -2.33. The molecule has 0 aromatic carbocycles. The molecule has 0 saturated carbocycles. The van der Waals surface area contributed by atoms with Gasteiger partial charge in [0, 0.05) is 0 Å². The molecule has 11 heavy (non-hydrogen) atoms. The molecule has 1 saturated heterocycles. The highest BCUT2D eigenvalue weighted by Gasteiger charge is 2.44. The van der Waals surface area contributed by atoms with E-state index in [1.165, 1.54) is 0 Å². The lowest BCUT2D eigenvalue weighted by molar-refractivity contribution is -0.255. The molecule has 0 aromatic rings. The lowest BCUT2D eigenvalue weighted by Crippen LogP contribution is -2.60. The Labute approximate surface area is 63.2 Å². The summed E-state index contributed by atoms with van der Waals surface area (Å²) >= 11 is 0. The Balaban J connectivity index is 2.37. The fourth-order valence-electron chi connectivity index (χ4n) is 0.996. The number of carbonyl (C=O) groups excluding carboxylic acids is 1. The molecule has 0 aliphatic carbocycles. The lowest BCUT2D eigenvalue weighted by Gasteiger charge is -2.41. The second kappa shape index (κ2) is 3.27. The van der Waals surface area contributed by atoms with Gasteiger partial charge in [-0.3, -0.25) is 0 Å². The molecular formula is C6H10O5. The molecule has 4 atom stereocenters. The molecular weight excluding hydrogens is 152 g/mol. The lowest BCUT2D eigenvalue weighted by atomic mass is 9.97. The van der Waals surface area contributed by atoms with Crippen LogP contribution in [0, 0.1) is 0 Å². The van der Waals surface area contributed by atoms with Crippen LogP contribution in [-0.2, 0) is 9.53 Å². The Bertz CT molecular complexity index is 148. The van der Waals surface area contributed by atoms with Crippen molar-refractivity contribution in [1.29, 1.82) is 0 Å². The molecule has 3 N–H and O–H groups in total. The van der Waals surface area contributed by atoms with Crippen molar-refractivity contribution in [3.05, 3.63) is 0 Å². The van der Waals surface area contributed by atoms with Crippen LogP contribution in [0.3, 0.4) is 0 Å². The molecule has 0 unspecified atom stereocenters.